The highest BCUT2D eigenvalue weighted by Crippen LogP contribution is 2.38. The Morgan fingerprint density at radius 3 is 1.36 bits per heavy atom. The molecule has 2 aliphatic rings. The van der Waals surface area contributed by atoms with Gasteiger partial charge in [0.1, 0.15) is 0 Å². The summed E-state index contributed by atoms with van der Waals surface area (Å²) in [5, 5.41) is 0. The maximum absolute atomic E-state index is 3.84. The predicted molar refractivity (Wildman–Crippen MR) is 155 cm³/mol. The molecular weight excluding hydrogens is 612 g/mol. The summed E-state index contributed by atoms with van der Waals surface area (Å²) in [6.45, 7) is 17.6. The Labute approximate surface area is 253 Å². The molecule has 204 valence electrons. The van der Waals surface area contributed by atoms with Crippen LogP contribution in [0, 0.1) is 27.7 Å². The molecule has 2 aliphatic heterocycles. The van der Waals surface area contributed by atoms with E-state index >= 15 is 0 Å². The van der Waals surface area contributed by atoms with Gasteiger partial charge in [-0.05, 0) is 83.2 Å². The van der Waals surface area contributed by atoms with E-state index in [9.17, 15) is 0 Å². The average molecular weight is 651 g/mol. The van der Waals surface area contributed by atoms with E-state index in [1.165, 1.54) is 61.5 Å². The summed E-state index contributed by atoms with van der Waals surface area (Å²) in [6.07, 6.45) is 8.66. The lowest BCUT2D eigenvalue weighted by Crippen LogP contribution is -3.00. The van der Waals surface area contributed by atoms with Crippen LogP contribution in [0.25, 0.3) is 12.2 Å². The van der Waals surface area contributed by atoms with E-state index in [1.54, 1.807) is 0 Å². The van der Waals surface area contributed by atoms with Gasteiger partial charge in [-0.3, -0.25) is 0 Å². The molecule has 0 fully saturated rings. The largest absolute Gasteiger partial charge is 1.00 e. The zero-order valence-electron chi connectivity index (χ0n) is 24.0. The number of aromatic amines is 2. The van der Waals surface area contributed by atoms with E-state index < -0.39 is 0 Å². The highest BCUT2D eigenvalue weighted by Gasteiger charge is 2.28. The summed E-state index contributed by atoms with van der Waals surface area (Å²) in [7, 11) is 0. The fourth-order valence-corrected chi connectivity index (χ4v) is 5.28. The van der Waals surface area contributed by atoms with Crippen LogP contribution in [0.2, 0.25) is 0 Å². The predicted octanol–water partition coefficient (Wildman–Crippen LogP) is -1.55. The van der Waals surface area contributed by atoms with Gasteiger partial charge in [-0.25, -0.2) is 9.98 Å². The Kier molecular flexibility index (Phi) is 9.45. The number of rotatable bonds is 5. The van der Waals surface area contributed by atoms with Crippen LogP contribution in [0.4, 0.5) is 0 Å². The number of allylic oxidation sites excluding steroid dienone is 4. The molecule has 4 nitrogen and oxygen atoms in total. The number of halogens is 2. The fraction of sp³-hybridized carbons (Fsp3) is 0.273. The van der Waals surface area contributed by atoms with E-state index in [0.717, 1.165) is 22.8 Å². The molecular formula is C33H38Br2N4. The highest BCUT2D eigenvalue weighted by molar-refractivity contribution is 5.80. The SMILES string of the molecule is CC1=C(C)/C(=C/c2[nH]c(C(c3ccccc3)c3[nH]c(/C=C4\[NH+]=CC(C)=C4C)c(C)c3C)c(C)c2C)[NH+]=C1.[Br-].[Br-]. The van der Waals surface area contributed by atoms with Crippen molar-refractivity contribution >= 4 is 24.6 Å². The monoisotopic (exact) mass is 648 g/mol. The first-order valence-electron chi connectivity index (χ1n) is 13.1. The molecule has 0 amide bonds. The molecule has 1 aromatic carbocycles. The van der Waals surface area contributed by atoms with Crippen LogP contribution in [0.3, 0.4) is 0 Å². The van der Waals surface area contributed by atoms with Crippen molar-refractivity contribution in [2.24, 2.45) is 0 Å². The van der Waals surface area contributed by atoms with Crippen molar-refractivity contribution < 1.29 is 43.9 Å². The third-order valence-electron chi connectivity index (χ3n) is 8.45. The Hall–Kier alpha value is -2.96. The summed E-state index contributed by atoms with van der Waals surface area (Å²) in [5.41, 5.74) is 18.7. The summed E-state index contributed by atoms with van der Waals surface area (Å²) in [4.78, 5) is 14.5. The van der Waals surface area contributed by atoms with Gasteiger partial charge in [0.25, 0.3) is 0 Å². The number of hydrogen-bond acceptors (Lipinski definition) is 0. The zero-order valence-corrected chi connectivity index (χ0v) is 27.2. The van der Waals surface area contributed by atoms with E-state index in [-0.39, 0.29) is 39.9 Å². The zero-order chi connectivity index (χ0) is 26.4. The maximum Gasteiger partial charge on any atom is 0.209 e. The molecule has 0 aliphatic carbocycles. The normalized spacial score (nSPS) is 17.4. The first-order valence-corrected chi connectivity index (χ1v) is 13.1. The topological polar surface area (TPSA) is 59.5 Å². The molecule has 0 spiro atoms. The Bertz CT molecular complexity index is 1490. The van der Waals surface area contributed by atoms with Crippen LogP contribution in [0.15, 0.2) is 64.0 Å². The van der Waals surface area contributed by atoms with Crippen molar-refractivity contribution in [2.75, 3.05) is 0 Å². The summed E-state index contributed by atoms with van der Waals surface area (Å²) in [6, 6.07) is 10.8. The lowest BCUT2D eigenvalue weighted by atomic mass is 9.88. The summed E-state index contributed by atoms with van der Waals surface area (Å²) >= 11 is 0. The van der Waals surface area contributed by atoms with Crippen molar-refractivity contribution in [1.82, 2.24) is 9.97 Å². The standard InChI is InChI=1S/C33H36N4.2BrH/c1-18-16-34-27(20(18)3)14-29-22(5)24(7)32(36-29)31(26-12-10-9-11-13-26)33-25(8)23(6)30(37-33)15-28-21(4)19(2)17-35-28;;/h9-17,31,36-37H,1-8H3;2*1H/b27-14-,28-15-;;. The molecule has 5 rings (SSSR count). The highest BCUT2D eigenvalue weighted by atomic mass is 79.9. The van der Waals surface area contributed by atoms with Crippen LogP contribution < -0.4 is 43.9 Å². The van der Waals surface area contributed by atoms with E-state index in [2.05, 4.69) is 130 Å². The van der Waals surface area contributed by atoms with Crippen molar-refractivity contribution in [2.45, 2.75) is 61.3 Å². The van der Waals surface area contributed by atoms with Crippen molar-refractivity contribution in [1.29, 1.82) is 0 Å². The molecule has 0 saturated carbocycles. The van der Waals surface area contributed by atoms with Gasteiger partial charge in [-0.15, -0.1) is 0 Å². The van der Waals surface area contributed by atoms with E-state index in [4.69, 9.17) is 0 Å². The molecule has 4 heterocycles. The molecule has 39 heavy (non-hydrogen) atoms. The second-order valence-corrected chi connectivity index (χ2v) is 10.6. The van der Waals surface area contributed by atoms with Crippen LogP contribution >= 0.6 is 0 Å². The third kappa shape index (κ3) is 5.55. The summed E-state index contributed by atoms with van der Waals surface area (Å²) < 4.78 is 0. The van der Waals surface area contributed by atoms with Gasteiger partial charge in [-0.2, -0.15) is 0 Å². The number of aromatic nitrogens is 2. The van der Waals surface area contributed by atoms with Crippen molar-refractivity contribution in [3.05, 3.63) is 115 Å². The Morgan fingerprint density at radius 1 is 0.590 bits per heavy atom. The number of H-pyrrole nitrogens is 2. The molecule has 2 aromatic heterocycles. The van der Waals surface area contributed by atoms with Gasteiger partial charge in [0.15, 0.2) is 12.4 Å². The molecule has 0 bridgehead atoms. The molecule has 4 N–H and O–H groups in total. The fourth-order valence-electron chi connectivity index (χ4n) is 5.28. The quantitative estimate of drug-likeness (QED) is 0.259. The second kappa shape index (κ2) is 12.1. The lowest BCUT2D eigenvalue weighted by molar-refractivity contribution is -0.381. The van der Waals surface area contributed by atoms with E-state index in [0.29, 0.717) is 0 Å². The van der Waals surface area contributed by atoms with Gasteiger partial charge < -0.3 is 43.9 Å². The van der Waals surface area contributed by atoms with Gasteiger partial charge in [0.2, 0.25) is 11.4 Å². The van der Waals surface area contributed by atoms with Crippen LogP contribution in [-0.4, -0.2) is 22.4 Å². The van der Waals surface area contributed by atoms with Crippen LogP contribution in [-0.2, 0) is 0 Å². The van der Waals surface area contributed by atoms with Crippen molar-refractivity contribution in [3.63, 3.8) is 0 Å². The van der Waals surface area contributed by atoms with Gasteiger partial charge >= 0.3 is 0 Å². The number of hydrogen-bond donors (Lipinski definition) is 4. The summed E-state index contributed by atoms with van der Waals surface area (Å²) in [5.74, 6) is 0.0702. The Balaban J connectivity index is 0.00000210. The van der Waals surface area contributed by atoms with Crippen LogP contribution in [0.1, 0.15) is 84.2 Å². The first kappa shape index (κ1) is 30.6. The molecule has 3 aromatic rings. The molecule has 0 radical (unpaired) electrons. The van der Waals surface area contributed by atoms with Gasteiger partial charge in [0, 0.05) is 57.2 Å². The molecule has 0 saturated heterocycles. The van der Waals surface area contributed by atoms with Gasteiger partial charge in [0.05, 0.1) is 5.92 Å². The van der Waals surface area contributed by atoms with Crippen molar-refractivity contribution in [3.8, 4) is 0 Å². The second-order valence-electron chi connectivity index (χ2n) is 10.6. The molecule has 0 atom stereocenters. The first-order chi connectivity index (χ1) is 17.7. The number of nitrogens with one attached hydrogen (secondary N) is 4. The minimum Gasteiger partial charge on any atom is -1.00 e. The lowest BCUT2D eigenvalue weighted by Gasteiger charge is -2.18. The average Bonchev–Trinajstić information content (AvgIpc) is 3.56. The molecule has 6 heteroatoms. The maximum atomic E-state index is 3.84. The third-order valence-corrected chi connectivity index (χ3v) is 8.45. The minimum atomic E-state index is 0. The van der Waals surface area contributed by atoms with E-state index in [1.807, 2.05) is 0 Å². The smallest absolute Gasteiger partial charge is 0.209 e. The van der Waals surface area contributed by atoms with Gasteiger partial charge in [-0.1, -0.05) is 30.3 Å². The van der Waals surface area contributed by atoms with Crippen LogP contribution in [0.5, 0.6) is 0 Å². The minimum absolute atomic E-state index is 0. The number of benzene rings is 1. The molecule has 0 unspecified atom stereocenters. The Morgan fingerprint density at radius 2 is 1.00 bits per heavy atom.